The molecular formula is C26H21Br2Cl2N3O2. The number of nitrogens with zero attached hydrogens (tertiary/aromatic N) is 3. The molecule has 0 spiro atoms. The smallest absolute Gasteiger partial charge is 0.282 e. The van der Waals surface area contributed by atoms with Crippen molar-refractivity contribution in [2.75, 3.05) is 0 Å². The molecule has 0 N–H and O–H groups in total. The lowest BCUT2D eigenvalue weighted by Gasteiger charge is -2.20. The van der Waals surface area contributed by atoms with Crippen LogP contribution in [-0.2, 0) is 12.0 Å². The molecule has 0 radical (unpaired) electrons. The maximum absolute atomic E-state index is 13.3. The van der Waals surface area contributed by atoms with Gasteiger partial charge in [-0.2, -0.15) is 9.78 Å². The molecule has 0 bridgehead atoms. The highest BCUT2D eigenvalue weighted by Gasteiger charge is 2.23. The fourth-order valence-electron chi connectivity index (χ4n) is 3.37. The average molecular weight is 638 g/mol. The second kappa shape index (κ2) is 10.4. The summed E-state index contributed by atoms with van der Waals surface area (Å²) in [7, 11) is 0. The summed E-state index contributed by atoms with van der Waals surface area (Å²) in [5.41, 5.74) is 1.72. The fourth-order valence-corrected chi connectivity index (χ4v) is 4.56. The number of halogens is 4. The van der Waals surface area contributed by atoms with Crippen LogP contribution in [0.1, 0.15) is 37.7 Å². The van der Waals surface area contributed by atoms with Crippen LogP contribution in [0.5, 0.6) is 5.75 Å². The van der Waals surface area contributed by atoms with Gasteiger partial charge in [0.25, 0.3) is 5.56 Å². The van der Waals surface area contributed by atoms with Crippen molar-refractivity contribution < 1.29 is 4.74 Å². The van der Waals surface area contributed by atoms with Gasteiger partial charge in [-0.15, -0.1) is 0 Å². The summed E-state index contributed by atoms with van der Waals surface area (Å²) in [6, 6.07) is 16.4. The molecule has 5 nitrogen and oxygen atoms in total. The maximum atomic E-state index is 13.3. The van der Waals surface area contributed by atoms with Crippen LogP contribution < -0.4 is 10.3 Å². The Bertz CT molecular complexity index is 1510. The van der Waals surface area contributed by atoms with Gasteiger partial charge in [0.1, 0.15) is 18.2 Å². The van der Waals surface area contributed by atoms with E-state index in [2.05, 4.69) is 37.0 Å². The third-order valence-electron chi connectivity index (χ3n) is 5.14. The maximum Gasteiger partial charge on any atom is 0.282 e. The van der Waals surface area contributed by atoms with E-state index in [0.29, 0.717) is 39.1 Å². The van der Waals surface area contributed by atoms with E-state index in [1.807, 2.05) is 57.2 Å². The summed E-state index contributed by atoms with van der Waals surface area (Å²) in [4.78, 5) is 18.0. The Morgan fingerprint density at radius 3 is 2.49 bits per heavy atom. The molecule has 4 rings (SSSR count). The van der Waals surface area contributed by atoms with Crippen molar-refractivity contribution in [3.8, 4) is 5.75 Å². The van der Waals surface area contributed by atoms with Gasteiger partial charge >= 0.3 is 0 Å². The number of fused-ring (bicyclic) bond motifs is 1. The van der Waals surface area contributed by atoms with Gasteiger partial charge in [0, 0.05) is 9.89 Å². The zero-order valence-electron chi connectivity index (χ0n) is 19.2. The molecule has 1 aromatic heterocycles. The van der Waals surface area contributed by atoms with Crippen molar-refractivity contribution in [2.45, 2.75) is 32.8 Å². The van der Waals surface area contributed by atoms with Gasteiger partial charge in [-0.1, -0.05) is 66.0 Å². The third kappa shape index (κ3) is 5.97. The first-order valence-electron chi connectivity index (χ1n) is 10.7. The number of hydrogen-bond acceptors (Lipinski definition) is 4. The molecule has 0 saturated heterocycles. The van der Waals surface area contributed by atoms with Gasteiger partial charge in [-0.05, 0) is 75.6 Å². The minimum atomic E-state index is -0.388. The molecule has 0 amide bonds. The molecule has 4 aromatic rings. The number of hydrogen-bond donors (Lipinski definition) is 0. The normalized spacial score (nSPS) is 12.0. The summed E-state index contributed by atoms with van der Waals surface area (Å²) >= 11 is 19.0. The van der Waals surface area contributed by atoms with Crippen molar-refractivity contribution in [3.05, 3.63) is 101 Å². The van der Waals surface area contributed by atoms with E-state index >= 15 is 0 Å². The van der Waals surface area contributed by atoms with Crippen LogP contribution in [0.25, 0.3) is 10.9 Å². The number of aromatic nitrogens is 2. The molecule has 35 heavy (non-hydrogen) atoms. The number of benzene rings is 3. The highest BCUT2D eigenvalue weighted by atomic mass is 79.9. The SMILES string of the molecule is CC(C)(C)c1nc2ccc(Br)cc2c(=O)n1N=Cc1ccc(OCc2ccc(Cl)c(Cl)c2)c(Br)c1. The second-order valence-electron chi connectivity index (χ2n) is 8.94. The number of rotatable bonds is 5. The highest BCUT2D eigenvalue weighted by molar-refractivity contribution is 9.10. The van der Waals surface area contributed by atoms with Gasteiger partial charge in [0.2, 0.25) is 0 Å². The van der Waals surface area contributed by atoms with E-state index in [0.717, 1.165) is 20.1 Å². The van der Waals surface area contributed by atoms with Crippen LogP contribution >= 0.6 is 55.1 Å². The summed E-state index contributed by atoms with van der Waals surface area (Å²) in [5.74, 6) is 1.24. The van der Waals surface area contributed by atoms with Crippen molar-refractivity contribution in [1.82, 2.24) is 9.66 Å². The molecule has 0 fully saturated rings. The second-order valence-corrected chi connectivity index (χ2v) is 11.5. The molecule has 180 valence electrons. The summed E-state index contributed by atoms with van der Waals surface area (Å²) < 4.78 is 8.85. The Kier molecular flexibility index (Phi) is 7.71. The van der Waals surface area contributed by atoms with Gasteiger partial charge in [0.05, 0.1) is 31.6 Å². The van der Waals surface area contributed by atoms with Gasteiger partial charge < -0.3 is 4.74 Å². The topological polar surface area (TPSA) is 56.5 Å². The fraction of sp³-hybridized carbons (Fsp3) is 0.192. The van der Waals surface area contributed by atoms with Gasteiger partial charge in [0.15, 0.2) is 0 Å². The Hall–Kier alpha value is -2.19. The average Bonchev–Trinajstić information content (AvgIpc) is 2.79. The molecule has 0 atom stereocenters. The first kappa shape index (κ1) is 25.9. The largest absolute Gasteiger partial charge is 0.488 e. The molecule has 3 aromatic carbocycles. The minimum absolute atomic E-state index is 0.224. The predicted molar refractivity (Wildman–Crippen MR) is 150 cm³/mol. The molecule has 0 aliphatic heterocycles. The van der Waals surface area contributed by atoms with Crippen molar-refractivity contribution in [1.29, 1.82) is 0 Å². The van der Waals surface area contributed by atoms with Crippen molar-refractivity contribution in [2.24, 2.45) is 5.10 Å². The monoisotopic (exact) mass is 635 g/mol. The summed E-state index contributed by atoms with van der Waals surface area (Å²) in [6.07, 6.45) is 1.63. The third-order valence-corrected chi connectivity index (χ3v) is 6.99. The zero-order chi connectivity index (χ0) is 25.3. The van der Waals surface area contributed by atoms with Crippen LogP contribution in [0, 0.1) is 0 Å². The van der Waals surface area contributed by atoms with Gasteiger partial charge in [-0.25, -0.2) is 4.98 Å². The van der Waals surface area contributed by atoms with E-state index < -0.39 is 0 Å². The molecule has 0 saturated carbocycles. The van der Waals surface area contributed by atoms with E-state index in [9.17, 15) is 4.79 Å². The lowest BCUT2D eigenvalue weighted by Crippen LogP contribution is -2.29. The van der Waals surface area contributed by atoms with Crippen LogP contribution in [0.15, 0.2) is 73.4 Å². The van der Waals surface area contributed by atoms with Crippen LogP contribution in [-0.4, -0.2) is 15.9 Å². The first-order valence-corrected chi connectivity index (χ1v) is 13.0. The number of ether oxygens (including phenoxy) is 1. The lowest BCUT2D eigenvalue weighted by atomic mass is 9.95. The summed E-state index contributed by atoms with van der Waals surface area (Å²) in [6.45, 7) is 6.35. The molecular weight excluding hydrogens is 617 g/mol. The quantitative estimate of drug-likeness (QED) is 0.209. The molecule has 9 heteroatoms. The van der Waals surface area contributed by atoms with Crippen LogP contribution in [0.2, 0.25) is 10.0 Å². The molecule has 0 aliphatic carbocycles. The van der Waals surface area contributed by atoms with E-state index in [4.69, 9.17) is 32.9 Å². The summed E-state index contributed by atoms with van der Waals surface area (Å²) in [5, 5.41) is 6.00. The van der Waals surface area contributed by atoms with Gasteiger partial charge in [-0.3, -0.25) is 4.79 Å². The lowest BCUT2D eigenvalue weighted by molar-refractivity contribution is 0.304. The molecule has 0 unspecified atom stereocenters. The van der Waals surface area contributed by atoms with Crippen molar-refractivity contribution in [3.63, 3.8) is 0 Å². The molecule has 0 aliphatic rings. The van der Waals surface area contributed by atoms with Crippen LogP contribution in [0.4, 0.5) is 0 Å². The minimum Gasteiger partial charge on any atom is -0.488 e. The Balaban J connectivity index is 1.62. The van der Waals surface area contributed by atoms with E-state index in [1.54, 1.807) is 24.4 Å². The Morgan fingerprint density at radius 1 is 1.03 bits per heavy atom. The van der Waals surface area contributed by atoms with E-state index in [1.165, 1.54) is 4.68 Å². The molecule has 1 heterocycles. The van der Waals surface area contributed by atoms with Crippen LogP contribution in [0.3, 0.4) is 0 Å². The zero-order valence-corrected chi connectivity index (χ0v) is 23.8. The van der Waals surface area contributed by atoms with E-state index in [-0.39, 0.29) is 11.0 Å². The Morgan fingerprint density at radius 2 is 1.80 bits per heavy atom. The predicted octanol–water partition coefficient (Wildman–Crippen LogP) is 7.99. The van der Waals surface area contributed by atoms with Crippen molar-refractivity contribution >= 4 is 72.2 Å². The highest BCUT2D eigenvalue weighted by Crippen LogP contribution is 2.28. The Labute approximate surface area is 230 Å². The first-order chi connectivity index (χ1) is 16.5. The standard InChI is InChI=1S/C26H21Br2Cl2N3O2/c1-26(2,3)25-32-22-8-6-17(27)12-18(22)24(34)33(25)31-13-15-5-9-23(19(28)10-15)35-14-16-4-7-20(29)21(30)11-16/h4-13H,14H2,1-3H3.